The van der Waals surface area contributed by atoms with Crippen molar-refractivity contribution in [3.05, 3.63) is 33.4 Å². The second-order valence-corrected chi connectivity index (χ2v) is 6.83. The largest absolute Gasteiger partial charge is 0.503 e. The van der Waals surface area contributed by atoms with Crippen molar-refractivity contribution in [2.75, 3.05) is 6.61 Å². The van der Waals surface area contributed by atoms with Gasteiger partial charge in [-0.3, -0.25) is 0 Å². The van der Waals surface area contributed by atoms with E-state index in [0.29, 0.717) is 34.3 Å². The summed E-state index contributed by atoms with van der Waals surface area (Å²) in [5, 5.41) is 15.4. The van der Waals surface area contributed by atoms with Gasteiger partial charge < -0.3 is 25.2 Å². The van der Waals surface area contributed by atoms with Gasteiger partial charge in [-0.05, 0) is 60.8 Å². The Hall–Kier alpha value is -2.22. The summed E-state index contributed by atoms with van der Waals surface area (Å²) in [6.45, 7) is 7.54. The topological polar surface area (TPSA) is 96.9 Å². The van der Waals surface area contributed by atoms with Crippen LogP contribution < -0.4 is 15.4 Å². The third-order valence-corrected chi connectivity index (χ3v) is 4.66. The molecule has 26 heavy (non-hydrogen) atoms. The third kappa shape index (κ3) is 4.30. The summed E-state index contributed by atoms with van der Waals surface area (Å²) in [6.07, 6.45) is 0.438. The fourth-order valence-corrected chi connectivity index (χ4v) is 3.03. The Morgan fingerprint density at radius 3 is 2.69 bits per heavy atom. The SMILES string of the molecule is CCOc1cc([C@@H]2NC(=O)NC(C)=C2C(=O)O[C@@H](C)CC)cc(Br)c1O. The van der Waals surface area contributed by atoms with Crippen LogP contribution in [0.5, 0.6) is 11.5 Å². The number of carbonyl (C=O) groups excluding carboxylic acids is 2. The zero-order valence-corrected chi connectivity index (χ0v) is 16.8. The zero-order valence-electron chi connectivity index (χ0n) is 15.2. The molecule has 1 heterocycles. The maximum atomic E-state index is 12.7. The molecule has 0 aliphatic carbocycles. The molecule has 2 atom stereocenters. The number of halogens is 1. The second kappa shape index (κ2) is 8.44. The van der Waals surface area contributed by atoms with Gasteiger partial charge in [-0.25, -0.2) is 9.59 Å². The standard InChI is InChI=1S/C18H23BrN2O5/c1-5-9(3)26-17(23)14-10(4)20-18(24)21-15(14)11-7-12(19)16(22)13(8-11)25-6-2/h7-9,15,22H,5-6H2,1-4H3,(H2,20,21,24)/t9-,15-/m0/s1. The van der Waals surface area contributed by atoms with Crippen molar-refractivity contribution in [2.45, 2.75) is 46.3 Å². The highest BCUT2D eigenvalue weighted by Gasteiger charge is 2.33. The Morgan fingerprint density at radius 2 is 2.08 bits per heavy atom. The lowest BCUT2D eigenvalue weighted by Gasteiger charge is -2.29. The van der Waals surface area contributed by atoms with E-state index in [1.165, 1.54) is 0 Å². The average molecular weight is 427 g/mol. The van der Waals surface area contributed by atoms with Crippen LogP contribution >= 0.6 is 15.9 Å². The molecule has 3 N–H and O–H groups in total. The molecule has 0 spiro atoms. The van der Waals surface area contributed by atoms with Crippen molar-refractivity contribution in [3.63, 3.8) is 0 Å². The van der Waals surface area contributed by atoms with Crippen LogP contribution in [0.15, 0.2) is 27.9 Å². The van der Waals surface area contributed by atoms with Crippen LogP contribution in [-0.4, -0.2) is 29.8 Å². The number of aromatic hydroxyl groups is 1. The van der Waals surface area contributed by atoms with Crippen molar-refractivity contribution in [1.82, 2.24) is 10.6 Å². The molecule has 1 aliphatic rings. The van der Waals surface area contributed by atoms with Crippen LogP contribution in [0.3, 0.4) is 0 Å². The van der Waals surface area contributed by atoms with Gasteiger partial charge in [0.25, 0.3) is 0 Å². The molecular formula is C18H23BrN2O5. The number of hydrogen-bond acceptors (Lipinski definition) is 5. The van der Waals surface area contributed by atoms with Gasteiger partial charge >= 0.3 is 12.0 Å². The number of ether oxygens (including phenoxy) is 2. The van der Waals surface area contributed by atoms with Crippen LogP contribution in [0.1, 0.15) is 45.7 Å². The minimum atomic E-state index is -0.726. The lowest BCUT2D eigenvalue weighted by molar-refractivity contribution is -0.144. The van der Waals surface area contributed by atoms with E-state index in [0.717, 1.165) is 0 Å². The van der Waals surface area contributed by atoms with Gasteiger partial charge in [0.1, 0.15) is 0 Å². The van der Waals surface area contributed by atoms with Gasteiger partial charge in [-0.1, -0.05) is 6.92 Å². The van der Waals surface area contributed by atoms with Crippen LogP contribution in [-0.2, 0) is 9.53 Å². The van der Waals surface area contributed by atoms with Crippen molar-refractivity contribution >= 4 is 27.9 Å². The van der Waals surface area contributed by atoms with Crippen molar-refractivity contribution in [1.29, 1.82) is 0 Å². The maximum absolute atomic E-state index is 12.7. The van der Waals surface area contributed by atoms with Crippen LogP contribution in [0.25, 0.3) is 0 Å². The van der Waals surface area contributed by atoms with E-state index in [1.54, 1.807) is 26.0 Å². The second-order valence-electron chi connectivity index (χ2n) is 5.98. The molecule has 1 aromatic carbocycles. The molecule has 7 nitrogen and oxygen atoms in total. The lowest BCUT2D eigenvalue weighted by atomic mass is 9.95. The van der Waals surface area contributed by atoms with Crippen LogP contribution in [0, 0.1) is 0 Å². The Bertz CT molecular complexity index is 747. The maximum Gasteiger partial charge on any atom is 0.338 e. The molecule has 2 rings (SSSR count). The first-order valence-corrected chi connectivity index (χ1v) is 9.22. The van der Waals surface area contributed by atoms with E-state index in [9.17, 15) is 14.7 Å². The number of benzene rings is 1. The predicted octanol–water partition coefficient (Wildman–Crippen LogP) is 3.52. The molecule has 0 saturated carbocycles. The smallest absolute Gasteiger partial charge is 0.338 e. The minimum Gasteiger partial charge on any atom is -0.503 e. The van der Waals surface area contributed by atoms with Crippen molar-refractivity contribution in [3.8, 4) is 11.5 Å². The van der Waals surface area contributed by atoms with Gasteiger partial charge in [0.05, 0.1) is 28.8 Å². The normalized spacial score (nSPS) is 18.0. The highest BCUT2D eigenvalue weighted by molar-refractivity contribution is 9.10. The molecule has 142 valence electrons. The minimum absolute atomic E-state index is 0.0414. The number of urea groups is 1. The number of amides is 2. The van der Waals surface area contributed by atoms with E-state index in [1.807, 2.05) is 13.8 Å². The number of carbonyl (C=O) groups is 2. The molecule has 1 aliphatic heterocycles. The van der Waals surface area contributed by atoms with Crippen LogP contribution in [0.4, 0.5) is 4.79 Å². The van der Waals surface area contributed by atoms with Gasteiger partial charge in [-0.2, -0.15) is 0 Å². The molecule has 0 unspecified atom stereocenters. The molecule has 2 amide bonds. The molecule has 1 aromatic rings. The fourth-order valence-electron chi connectivity index (χ4n) is 2.57. The Kier molecular flexibility index (Phi) is 6.52. The third-order valence-electron chi connectivity index (χ3n) is 4.06. The quantitative estimate of drug-likeness (QED) is 0.604. The van der Waals surface area contributed by atoms with Gasteiger partial charge in [-0.15, -0.1) is 0 Å². The van der Waals surface area contributed by atoms with E-state index < -0.39 is 18.0 Å². The number of rotatable bonds is 6. The summed E-state index contributed by atoms with van der Waals surface area (Å²) in [4.78, 5) is 24.6. The summed E-state index contributed by atoms with van der Waals surface area (Å²) in [5.74, 6) is -0.284. The van der Waals surface area contributed by atoms with Crippen molar-refractivity contribution < 1.29 is 24.2 Å². The Balaban J connectivity index is 2.49. The van der Waals surface area contributed by atoms with E-state index >= 15 is 0 Å². The lowest BCUT2D eigenvalue weighted by Crippen LogP contribution is -2.45. The summed E-state index contributed by atoms with van der Waals surface area (Å²) in [5.41, 5.74) is 1.32. The summed E-state index contributed by atoms with van der Waals surface area (Å²) < 4.78 is 11.3. The van der Waals surface area contributed by atoms with E-state index in [-0.39, 0.29) is 17.6 Å². The molecule has 0 bridgehead atoms. The van der Waals surface area contributed by atoms with Gasteiger partial charge in [0.15, 0.2) is 11.5 Å². The molecular weight excluding hydrogens is 404 g/mol. The first-order valence-electron chi connectivity index (χ1n) is 8.42. The highest BCUT2D eigenvalue weighted by atomic mass is 79.9. The highest BCUT2D eigenvalue weighted by Crippen LogP contribution is 2.39. The first-order chi connectivity index (χ1) is 12.3. The number of esters is 1. The number of nitrogens with one attached hydrogen (secondary N) is 2. The van der Waals surface area contributed by atoms with Gasteiger partial charge in [0, 0.05) is 5.70 Å². The number of allylic oxidation sites excluding steroid dienone is 1. The molecule has 0 saturated heterocycles. The number of hydrogen-bond donors (Lipinski definition) is 3. The van der Waals surface area contributed by atoms with E-state index in [4.69, 9.17) is 9.47 Å². The molecule has 0 radical (unpaired) electrons. The monoisotopic (exact) mass is 426 g/mol. The van der Waals surface area contributed by atoms with E-state index in [2.05, 4.69) is 26.6 Å². The fraction of sp³-hybridized carbons (Fsp3) is 0.444. The number of phenols is 1. The number of phenolic OH excluding ortho intramolecular Hbond substituents is 1. The van der Waals surface area contributed by atoms with Gasteiger partial charge in [0.2, 0.25) is 0 Å². The Morgan fingerprint density at radius 1 is 1.38 bits per heavy atom. The first kappa shape index (κ1) is 20.1. The summed E-state index contributed by atoms with van der Waals surface area (Å²) in [7, 11) is 0. The van der Waals surface area contributed by atoms with Crippen molar-refractivity contribution in [2.24, 2.45) is 0 Å². The molecule has 8 heteroatoms. The zero-order chi connectivity index (χ0) is 19.4. The molecule has 0 aromatic heterocycles. The average Bonchev–Trinajstić information content (AvgIpc) is 2.57. The summed E-state index contributed by atoms with van der Waals surface area (Å²) in [6, 6.07) is 2.09. The summed E-state index contributed by atoms with van der Waals surface area (Å²) >= 11 is 3.28. The molecule has 0 fully saturated rings. The van der Waals surface area contributed by atoms with Crippen LogP contribution in [0.2, 0.25) is 0 Å². The Labute approximate surface area is 160 Å². The predicted molar refractivity (Wildman–Crippen MR) is 99.9 cm³/mol.